The van der Waals surface area contributed by atoms with Crippen molar-refractivity contribution in [3.8, 4) is 25.7 Å². The highest BCUT2D eigenvalue weighted by molar-refractivity contribution is 7.92. The largest absolute Gasteiger partial charge is 0.466 e. The van der Waals surface area contributed by atoms with Crippen LogP contribution in [-0.2, 0) is 29.0 Å². The summed E-state index contributed by atoms with van der Waals surface area (Å²) in [5, 5.41) is 5.30. The van der Waals surface area contributed by atoms with Crippen molar-refractivity contribution >= 4 is 28.6 Å². The van der Waals surface area contributed by atoms with Crippen molar-refractivity contribution in [2.75, 3.05) is 39.0 Å². The molecule has 2 rings (SSSR count). The lowest BCUT2D eigenvalue weighted by atomic mass is 10.2. The Morgan fingerprint density at radius 3 is 1.88 bits per heavy atom. The van der Waals surface area contributed by atoms with E-state index in [-0.39, 0.29) is 29.6 Å². The smallest absolute Gasteiger partial charge is 0.293 e. The first-order chi connectivity index (χ1) is 23.3. The molecule has 2 amide bonds. The summed E-state index contributed by atoms with van der Waals surface area (Å²) in [6, 6.07) is 4.01. The van der Waals surface area contributed by atoms with Crippen molar-refractivity contribution in [3.05, 3.63) is 35.4 Å². The first-order valence-electron chi connectivity index (χ1n) is 16.5. The van der Waals surface area contributed by atoms with Gasteiger partial charge in [-0.15, -0.1) is 25.7 Å². The number of hydrogen-bond acceptors (Lipinski definition) is 8. The number of benzene rings is 1. The van der Waals surface area contributed by atoms with Crippen LogP contribution in [-0.4, -0.2) is 88.5 Å². The molecule has 0 aliphatic heterocycles. The van der Waals surface area contributed by atoms with Crippen molar-refractivity contribution in [1.82, 2.24) is 15.5 Å². The van der Waals surface area contributed by atoms with E-state index in [0.29, 0.717) is 31.2 Å². The quantitative estimate of drug-likeness (QED) is 0.116. The van der Waals surface area contributed by atoms with Crippen molar-refractivity contribution < 1.29 is 36.3 Å². The fraction of sp³-hybridized carbons (Fsp3) is 0.639. The molecular weight excluding hydrogens is 654 g/mol. The molecule has 0 bridgehead atoms. The number of aryl methyl sites for hydroxylation is 1. The zero-order chi connectivity index (χ0) is 39.3. The number of rotatable bonds is 17. The Morgan fingerprint density at radius 2 is 1.55 bits per heavy atom. The maximum Gasteiger partial charge on any atom is 0.293 e. The molecule has 1 atom stereocenters. The average Bonchev–Trinajstić information content (AvgIpc) is 3.92. The van der Waals surface area contributed by atoms with Gasteiger partial charge in [0.2, 0.25) is 12.3 Å². The van der Waals surface area contributed by atoms with Gasteiger partial charge in [0.25, 0.3) is 6.47 Å². The molecule has 13 heteroatoms. The van der Waals surface area contributed by atoms with E-state index in [2.05, 4.69) is 41.1 Å². The van der Waals surface area contributed by atoms with Crippen LogP contribution < -0.4 is 16.4 Å². The SMILES string of the molecule is C#C.C#C.CC.CC(=O)NCCOC=O.CCCC(CCC)S(=O)(=O)C[C@H](C)NC.Cc1cc(F)cc(F)c1.NCCCN(C=O)C1CC1. The summed E-state index contributed by atoms with van der Waals surface area (Å²) in [5.74, 6) is -0.904. The van der Waals surface area contributed by atoms with Gasteiger partial charge < -0.3 is 26.0 Å². The van der Waals surface area contributed by atoms with Gasteiger partial charge in [-0.25, -0.2) is 17.2 Å². The molecule has 0 spiro atoms. The number of halogens is 2. The molecule has 1 aromatic carbocycles. The molecule has 0 unspecified atom stereocenters. The van der Waals surface area contributed by atoms with E-state index < -0.39 is 21.5 Å². The predicted molar refractivity (Wildman–Crippen MR) is 198 cm³/mol. The molecule has 0 saturated heterocycles. The van der Waals surface area contributed by atoms with E-state index >= 15 is 0 Å². The number of sulfone groups is 1. The maximum atomic E-state index is 12.2. The van der Waals surface area contributed by atoms with Crippen molar-refractivity contribution in [2.24, 2.45) is 5.73 Å². The molecule has 49 heavy (non-hydrogen) atoms. The Hall–Kier alpha value is -3.52. The lowest BCUT2D eigenvalue weighted by Crippen LogP contribution is -2.35. The lowest BCUT2D eigenvalue weighted by molar-refractivity contribution is -0.129. The normalized spacial score (nSPS) is 11.3. The van der Waals surface area contributed by atoms with Crippen LogP contribution in [0.2, 0.25) is 0 Å². The van der Waals surface area contributed by atoms with E-state index in [4.69, 9.17) is 5.73 Å². The van der Waals surface area contributed by atoms with Crippen LogP contribution >= 0.6 is 0 Å². The first-order valence-corrected chi connectivity index (χ1v) is 18.2. The van der Waals surface area contributed by atoms with Crippen molar-refractivity contribution in [2.45, 2.75) is 111 Å². The monoisotopic (exact) mass is 718 g/mol. The predicted octanol–water partition coefficient (Wildman–Crippen LogP) is 5.03. The second-order valence-electron chi connectivity index (χ2n) is 10.3. The van der Waals surface area contributed by atoms with E-state index in [1.165, 1.54) is 31.9 Å². The van der Waals surface area contributed by atoms with Gasteiger partial charge in [0.1, 0.15) is 18.2 Å². The van der Waals surface area contributed by atoms with Crippen LogP contribution in [0.3, 0.4) is 0 Å². The molecule has 0 heterocycles. The topological polar surface area (TPSA) is 148 Å². The van der Waals surface area contributed by atoms with Crippen LogP contribution in [0, 0.1) is 44.3 Å². The molecule has 0 aromatic heterocycles. The van der Waals surface area contributed by atoms with Gasteiger partial charge in [-0.1, -0.05) is 40.5 Å². The summed E-state index contributed by atoms with van der Waals surface area (Å²) in [6.07, 6.45) is 23.7. The third-order valence-corrected chi connectivity index (χ3v) is 8.60. The molecule has 4 N–H and O–H groups in total. The Kier molecular flexibility index (Phi) is 43.6. The highest BCUT2D eigenvalue weighted by Crippen LogP contribution is 2.25. The van der Waals surface area contributed by atoms with Crippen LogP contribution in [0.15, 0.2) is 18.2 Å². The van der Waals surface area contributed by atoms with Crippen LogP contribution in [0.5, 0.6) is 0 Å². The Labute approximate surface area is 296 Å². The number of nitrogens with two attached hydrogens (primary N) is 1. The molecule has 10 nitrogen and oxygen atoms in total. The molecule has 1 fully saturated rings. The minimum absolute atomic E-state index is 0.0474. The van der Waals surface area contributed by atoms with E-state index in [1.807, 2.05) is 39.5 Å². The number of terminal acetylenes is 2. The molecule has 284 valence electrons. The van der Waals surface area contributed by atoms with E-state index in [1.54, 1.807) is 14.0 Å². The van der Waals surface area contributed by atoms with Crippen LogP contribution in [0.1, 0.15) is 92.1 Å². The van der Waals surface area contributed by atoms with Gasteiger partial charge in [0.05, 0.1) is 17.5 Å². The maximum absolute atomic E-state index is 12.2. The Balaban J connectivity index is -0.000000170. The van der Waals surface area contributed by atoms with Gasteiger partial charge in [-0.2, -0.15) is 0 Å². The molecule has 1 aliphatic rings. The minimum Gasteiger partial charge on any atom is -0.466 e. The minimum atomic E-state index is -2.92. The number of carbonyl (C=O) groups is 3. The summed E-state index contributed by atoms with van der Waals surface area (Å²) in [5.41, 5.74) is 5.91. The van der Waals surface area contributed by atoms with Gasteiger partial charge in [-0.05, 0) is 77.2 Å². The summed E-state index contributed by atoms with van der Waals surface area (Å²) < 4.78 is 52.7. The number of carbonyl (C=O) groups excluding carboxylic acids is 3. The highest BCUT2D eigenvalue weighted by Gasteiger charge is 2.27. The number of nitrogens with zero attached hydrogens (tertiary/aromatic N) is 1. The standard InChI is InChI=1S/C11H25NO2S.C7H6F2.C7H14N2O.C5H9NO3.C2H6.2C2H2/c1-5-7-11(8-6-2)15(13,14)9-10(3)12-4;1-5-2-6(8)4-7(9)3-5;8-4-1-5-9(6-10)7-2-3-7;1-5(8)6-2-3-9-4-7;3*1-2/h10-12H,5-9H2,1-4H3;2-4H,1H3;6-7H,1-5,8H2;4H,2-3H2,1H3,(H,6,8);1-2H3;2*1-2H/t10-;;;;;;/m0....../s1. The highest BCUT2D eigenvalue weighted by atomic mass is 32.2. The second-order valence-corrected chi connectivity index (χ2v) is 12.7. The van der Waals surface area contributed by atoms with Crippen molar-refractivity contribution in [3.63, 3.8) is 0 Å². The van der Waals surface area contributed by atoms with Gasteiger partial charge in [0, 0.05) is 31.6 Å². The van der Waals surface area contributed by atoms with Crippen LogP contribution in [0.25, 0.3) is 0 Å². The molecule has 0 radical (unpaired) electrons. The number of ether oxygens (including phenoxy) is 1. The van der Waals surface area contributed by atoms with Gasteiger partial charge in [0.15, 0.2) is 9.84 Å². The molecule has 1 saturated carbocycles. The number of hydrogen-bond donors (Lipinski definition) is 3. The molecular formula is C36H64F2N4O6S. The zero-order valence-corrected chi connectivity index (χ0v) is 31.9. The molecule has 1 aliphatic carbocycles. The fourth-order valence-corrected chi connectivity index (χ4v) is 6.07. The lowest BCUT2D eigenvalue weighted by Gasteiger charge is -2.18. The number of amides is 2. The summed E-state index contributed by atoms with van der Waals surface area (Å²) in [6.45, 7) is 15.5. The van der Waals surface area contributed by atoms with Gasteiger partial charge in [-0.3, -0.25) is 14.4 Å². The van der Waals surface area contributed by atoms with E-state index in [9.17, 15) is 31.6 Å². The fourth-order valence-electron chi connectivity index (χ4n) is 3.74. The second kappa shape index (κ2) is 38.9. The Bertz CT molecular complexity index is 1020. The van der Waals surface area contributed by atoms with Gasteiger partial charge >= 0.3 is 0 Å². The van der Waals surface area contributed by atoms with E-state index in [0.717, 1.165) is 51.1 Å². The molecule has 1 aromatic rings. The first kappa shape index (κ1) is 54.9. The summed E-state index contributed by atoms with van der Waals surface area (Å²) in [4.78, 5) is 31.9. The average molecular weight is 719 g/mol. The summed E-state index contributed by atoms with van der Waals surface area (Å²) >= 11 is 0. The zero-order valence-electron chi connectivity index (χ0n) is 31.1. The van der Waals surface area contributed by atoms with Crippen molar-refractivity contribution in [1.29, 1.82) is 0 Å². The third-order valence-electron chi connectivity index (χ3n) is 6.14. The summed E-state index contributed by atoms with van der Waals surface area (Å²) in [7, 11) is -1.12. The Morgan fingerprint density at radius 1 is 1.06 bits per heavy atom. The number of nitrogens with one attached hydrogen (secondary N) is 2. The third kappa shape index (κ3) is 37.2. The van der Waals surface area contributed by atoms with Crippen LogP contribution in [0.4, 0.5) is 8.78 Å².